The molecular formula is C11H19N2S+. The molecule has 2 nitrogen and oxygen atoms in total. The van der Waals surface area contributed by atoms with Crippen LogP contribution in [0.25, 0.3) is 0 Å². The van der Waals surface area contributed by atoms with Crippen LogP contribution in [-0.4, -0.2) is 27.4 Å². The molecule has 2 fully saturated rings. The molecule has 1 saturated heterocycles. The summed E-state index contributed by atoms with van der Waals surface area (Å²) < 4.78 is 0.248. The van der Waals surface area contributed by atoms with Crippen molar-refractivity contribution in [3.8, 4) is 0 Å². The Bertz CT molecular complexity index is 231. The van der Waals surface area contributed by atoms with Crippen LogP contribution in [0.4, 0.5) is 0 Å². The monoisotopic (exact) mass is 211 g/mol. The lowest BCUT2D eigenvalue weighted by Crippen LogP contribution is -2.39. The number of hydrogen-bond acceptors (Lipinski definition) is 2. The van der Waals surface area contributed by atoms with Crippen molar-refractivity contribution in [1.29, 1.82) is 5.41 Å². The van der Waals surface area contributed by atoms with Crippen molar-refractivity contribution in [3.63, 3.8) is 0 Å². The van der Waals surface area contributed by atoms with E-state index in [1.807, 2.05) is 0 Å². The Morgan fingerprint density at radius 2 is 2.07 bits per heavy atom. The van der Waals surface area contributed by atoms with Crippen molar-refractivity contribution < 1.29 is 0 Å². The van der Waals surface area contributed by atoms with E-state index in [0.29, 0.717) is 6.04 Å². The number of rotatable bonds is 1. The Morgan fingerprint density at radius 3 is 2.57 bits per heavy atom. The lowest BCUT2D eigenvalue weighted by atomic mass is 9.94. The highest BCUT2D eigenvalue weighted by Crippen LogP contribution is 2.38. The van der Waals surface area contributed by atoms with Crippen molar-refractivity contribution in [1.82, 2.24) is 4.90 Å². The van der Waals surface area contributed by atoms with Crippen molar-refractivity contribution >= 4 is 16.9 Å². The summed E-state index contributed by atoms with van der Waals surface area (Å²) >= 11 is 1.72. The fourth-order valence-corrected chi connectivity index (χ4v) is 3.41. The van der Waals surface area contributed by atoms with E-state index >= 15 is 0 Å². The standard InChI is InChI=1S/C11H19N2S/c1-11(2)8-13(10(12)14-11)9-6-4-3-5-7-9/h3,9,12H,4-8H2,1-2H3/q+1. The Labute approximate surface area is 90.9 Å². The Morgan fingerprint density at radius 1 is 1.43 bits per heavy atom. The minimum absolute atomic E-state index is 0.248. The van der Waals surface area contributed by atoms with E-state index in [1.165, 1.54) is 25.7 Å². The summed E-state index contributed by atoms with van der Waals surface area (Å²) in [5.41, 5.74) is 0. The van der Waals surface area contributed by atoms with Crippen LogP contribution in [0, 0.1) is 11.8 Å². The van der Waals surface area contributed by atoms with Crippen LogP contribution in [0.15, 0.2) is 0 Å². The average molecular weight is 211 g/mol. The number of thioether (sulfide) groups is 1. The third-order valence-corrected chi connectivity index (χ3v) is 4.14. The highest BCUT2D eigenvalue weighted by Gasteiger charge is 2.38. The van der Waals surface area contributed by atoms with Crippen molar-refractivity contribution in [2.45, 2.75) is 50.3 Å². The van der Waals surface area contributed by atoms with Gasteiger partial charge < -0.3 is 4.90 Å². The third-order valence-electron chi connectivity index (χ3n) is 3.03. The van der Waals surface area contributed by atoms with Gasteiger partial charge in [-0.1, -0.05) is 11.8 Å². The molecule has 0 aromatic heterocycles. The molecule has 2 aliphatic rings. The number of hydrogen-bond donors (Lipinski definition) is 1. The first kappa shape index (κ1) is 10.2. The molecule has 0 aromatic rings. The predicted molar refractivity (Wildman–Crippen MR) is 62.7 cm³/mol. The van der Waals surface area contributed by atoms with E-state index < -0.39 is 0 Å². The van der Waals surface area contributed by atoms with Gasteiger partial charge in [-0.05, 0) is 13.8 Å². The summed E-state index contributed by atoms with van der Waals surface area (Å²) in [4.78, 5) is 2.32. The average Bonchev–Trinajstić information content (AvgIpc) is 2.41. The molecule has 1 aliphatic heterocycles. The van der Waals surface area contributed by atoms with E-state index in [0.717, 1.165) is 11.7 Å². The molecular weight excluding hydrogens is 192 g/mol. The normalized spacial score (nSPS) is 27.9. The van der Waals surface area contributed by atoms with Gasteiger partial charge in [-0.3, -0.25) is 5.41 Å². The first-order valence-corrected chi connectivity index (χ1v) is 6.26. The van der Waals surface area contributed by atoms with Crippen LogP contribution in [0.5, 0.6) is 0 Å². The number of nitrogens with zero attached hydrogens (tertiary/aromatic N) is 1. The van der Waals surface area contributed by atoms with E-state index in [4.69, 9.17) is 5.41 Å². The summed E-state index contributed by atoms with van der Waals surface area (Å²) in [6.07, 6.45) is 7.35. The zero-order valence-electron chi connectivity index (χ0n) is 9.05. The maximum Gasteiger partial charge on any atom is 0.157 e. The van der Waals surface area contributed by atoms with E-state index in [2.05, 4.69) is 25.2 Å². The highest BCUT2D eigenvalue weighted by molar-refractivity contribution is 8.15. The molecule has 0 unspecified atom stereocenters. The Balaban J connectivity index is 2.00. The summed E-state index contributed by atoms with van der Waals surface area (Å²) in [7, 11) is 0. The molecule has 1 saturated carbocycles. The fourth-order valence-electron chi connectivity index (χ4n) is 2.35. The maximum atomic E-state index is 7.98. The maximum absolute atomic E-state index is 7.98. The van der Waals surface area contributed by atoms with E-state index in [9.17, 15) is 0 Å². The Hall–Kier alpha value is -0.310. The summed E-state index contributed by atoms with van der Waals surface area (Å²) in [6.45, 7) is 5.53. The zero-order valence-corrected chi connectivity index (χ0v) is 9.86. The lowest BCUT2D eigenvalue weighted by molar-refractivity contribution is 0.260. The molecule has 3 heteroatoms. The van der Waals surface area contributed by atoms with Crippen LogP contribution in [0.3, 0.4) is 0 Å². The number of amidine groups is 1. The van der Waals surface area contributed by atoms with Crippen LogP contribution in [-0.2, 0) is 0 Å². The van der Waals surface area contributed by atoms with Crippen LogP contribution >= 0.6 is 11.8 Å². The van der Waals surface area contributed by atoms with Gasteiger partial charge in [-0.25, -0.2) is 0 Å². The molecule has 14 heavy (non-hydrogen) atoms. The quantitative estimate of drug-likeness (QED) is 0.675. The van der Waals surface area contributed by atoms with Crippen molar-refractivity contribution in [3.05, 3.63) is 6.42 Å². The molecule has 0 spiro atoms. The third kappa shape index (κ3) is 2.02. The predicted octanol–water partition coefficient (Wildman–Crippen LogP) is 2.90. The zero-order chi connectivity index (χ0) is 10.2. The molecule has 1 aliphatic carbocycles. The van der Waals surface area contributed by atoms with E-state index in [1.54, 1.807) is 11.8 Å². The summed E-state index contributed by atoms with van der Waals surface area (Å²) in [6, 6.07) is 0.641. The van der Waals surface area contributed by atoms with Gasteiger partial charge in [0.05, 0.1) is 19.3 Å². The number of nitrogens with one attached hydrogen (secondary N) is 1. The SMILES string of the molecule is CC1(C)CN(C2CC[CH+]CC2)C(=N)S1. The highest BCUT2D eigenvalue weighted by atomic mass is 32.2. The van der Waals surface area contributed by atoms with Crippen molar-refractivity contribution in [2.75, 3.05) is 6.54 Å². The second-order valence-corrected chi connectivity index (χ2v) is 6.59. The van der Waals surface area contributed by atoms with Crippen molar-refractivity contribution in [2.24, 2.45) is 0 Å². The van der Waals surface area contributed by atoms with Crippen LogP contribution in [0.2, 0.25) is 0 Å². The van der Waals surface area contributed by atoms with Gasteiger partial charge in [0, 0.05) is 30.2 Å². The topological polar surface area (TPSA) is 27.1 Å². The summed E-state index contributed by atoms with van der Waals surface area (Å²) in [5.74, 6) is 0. The second kappa shape index (κ2) is 3.69. The molecule has 0 aromatic carbocycles. The van der Waals surface area contributed by atoms with Gasteiger partial charge in [0.1, 0.15) is 0 Å². The molecule has 1 heterocycles. The molecule has 1 N–H and O–H groups in total. The second-order valence-electron chi connectivity index (χ2n) is 4.89. The minimum Gasteiger partial charge on any atom is -0.347 e. The lowest BCUT2D eigenvalue weighted by Gasteiger charge is -2.30. The van der Waals surface area contributed by atoms with Crippen LogP contribution < -0.4 is 0 Å². The molecule has 0 atom stereocenters. The smallest absolute Gasteiger partial charge is 0.157 e. The van der Waals surface area contributed by atoms with Gasteiger partial charge in [0.2, 0.25) is 0 Å². The molecule has 0 radical (unpaired) electrons. The van der Waals surface area contributed by atoms with Crippen LogP contribution in [0.1, 0.15) is 39.5 Å². The van der Waals surface area contributed by atoms with Gasteiger partial charge in [-0.15, -0.1) is 0 Å². The van der Waals surface area contributed by atoms with Gasteiger partial charge in [0.25, 0.3) is 0 Å². The first-order chi connectivity index (χ1) is 6.58. The van der Waals surface area contributed by atoms with Gasteiger partial charge in [-0.2, -0.15) is 0 Å². The largest absolute Gasteiger partial charge is 0.347 e. The Kier molecular flexibility index (Phi) is 2.69. The fraction of sp³-hybridized carbons (Fsp3) is 0.818. The minimum atomic E-state index is 0.248. The molecule has 0 amide bonds. The van der Waals surface area contributed by atoms with E-state index in [-0.39, 0.29) is 4.75 Å². The summed E-state index contributed by atoms with van der Waals surface area (Å²) in [5, 5.41) is 8.77. The van der Waals surface area contributed by atoms with Gasteiger partial charge >= 0.3 is 0 Å². The molecule has 0 bridgehead atoms. The molecule has 2 rings (SSSR count). The molecule has 78 valence electrons. The first-order valence-electron chi connectivity index (χ1n) is 5.44. The van der Waals surface area contributed by atoms with Gasteiger partial charge in [0.15, 0.2) is 5.17 Å².